The fraction of sp³-hybridized carbons (Fsp3) is 0.100. The predicted molar refractivity (Wildman–Crippen MR) is 56.9 cm³/mol. The van der Waals surface area contributed by atoms with Crippen LogP contribution in [0, 0.1) is 11.3 Å². The molecule has 6 heteroatoms. The number of nitriles is 1. The zero-order chi connectivity index (χ0) is 12.0. The first-order chi connectivity index (χ1) is 7.65. The Balaban J connectivity index is 2.82. The van der Waals surface area contributed by atoms with Crippen LogP contribution in [-0.4, -0.2) is 11.9 Å². The van der Waals surface area contributed by atoms with Crippen LogP contribution < -0.4 is 16.2 Å². The van der Waals surface area contributed by atoms with Gasteiger partial charge >= 0.3 is 6.03 Å². The number of amides is 3. The molecule has 0 aliphatic heterocycles. The van der Waals surface area contributed by atoms with Gasteiger partial charge in [0.15, 0.2) is 0 Å². The SMILES string of the molecule is N#CCC(=O)NN(C(N)=O)c1ccccc1. The molecule has 0 saturated heterocycles. The van der Waals surface area contributed by atoms with E-state index in [1.807, 2.05) is 0 Å². The highest BCUT2D eigenvalue weighted by atomic mass is 16.2. The number of nitrogens with zero attached hydrogens (tertiary/aromatic N) is 2. The number of anilines is 1. The smallest absolute Gasteiger partial charge is 0.338 e. The van der Waals surface area contributed by atoms with Crippen LogP contribution in [0.15, 0.2) is 30.3 Å². The second-order valence-corrected chi connectivity index (χ2v) is 2.88. The van der Waals surface area contributed by atoms with Gasteiger partial charge in [-0.15, -0.1) is 0 Å². The van der Waals surface area contributed by atoms with Gasteiger partial charge in [-0.2, -0.15) is 5.26 Å². The van der Waals surface area contributed by atoms with E-state index in [0.29, 0.717) is 5.69 Å². The summed E-state index contributed by atoms with van der Waals surface area (Å²) >= 11 is 0. The van der Waals surface area contributed by atoms with Gasteiger partial charge in [-0.05, 0) is 12.1 Å². The van der Waals surface area contributed by atoms with E-state index in [-0.39, 0.29) is 6.42 Å². The Morgan fingerprint density at radius 1 is 1.38 bits per heavy atom. The van der Waals surface area contributed by atoms with Gasteiger partial charge in [0.25, 0.3) is 5.91 Å². The molecular formula is C10H10N4O2. The fourth-order valence-corrected chi connectivity index (χ4v) is 1.06. The van der Waals surface area contributed by atoms with Gasteiger partial charge in [-0.1, -0.05) is 18.2 Å². The molecule has 3 N–H and O–H groups in total. The standard InChI is InChI=1S/C10H10N4O2/c11-7-6-9(15)13-14(10(12)16)8-4-2-1-3-5-8/h1-5H,6H2,(H2,12,16)(H,13,15). The number of primary amides is 1. The lowest BCUT2D eigenvalue weighted by molar-refractivity contribution is -0.120. The highest BCUT2D eigenvalue weighted by Gasteiger charge is 2.14. The Labute approximate surface area is 92.2 Å². The van der Waals surface area contributed by atoms with Gasteiger partial charge in [-0.3, -0.25) is 10.2 Å². The summed E-state index contributed by atoms with van der Waals surface area (Å²) in [5.41, 5.74) is 7.77. The number of nitrogens with one attached hydrogen (secondary N) is 1. The summed E-state index contributed by atoms with van der Waals surface area (Å²) in [6, 6.07) is 9.22. The minimum atomic E-state index is -0.822. The van der Waals surface area contributed by atoms with Crippen molar-refractivity contribution in [2.24, 2.45) is 5.73 Å². The van der Waals surface area contributed by atoms with Crippen LogP contribution in [0.2, 0.25) is 0 Å². The number of para-hydroxylation sites is 1. The Bertz CT molecular complexity index is 424. The first kappa shape index (κ1) is 11.5. The van der Waals surface area contributed by atoms with E-state index in [4.69, 9.17) is 11.0 Å². The van der Waals surface area contributed by atoms with Crippen LogP contribution in [-0.2, 0) is 4.79 Å². The number of nitrogens with two attached hydrogens (primary N) is 1. The molecule has 3 amide bonds. The molecule has 0 atom stereocenters. The van der Waals surface area contributed by atoms with Crippen molar-refractivity contribution in [2.75, 3.05) is 5.01 Å². The monoisotopic (exact) mass is 218 g/mol. The topological polar surface area (TPSA) is 99.2 Å². The maximum absolute atomic E-state index is 11.1. The van der Waals surface area contributed by atoms with Crippen LogP contribution in [0.1, 0.15) is 6.42 Å². The lowest BCUT2D eigenvalue weighted by atomic mass is 10.3. The third kappa shape index (κ3) is 2.99. The van der Waals surface area contributed by atoms with Gasteiger partial charge in [0.1, 0.15) is 6.42 Å². The third-order valence-electron chi connectivity index (χ3n) is 1.71. The second kappa shape index (κ2) is 5.36. The zero-order valence-electron chi connectivity index (χ0n) is 8.38. The highest BCUT2D eigenvalue weighted by Crippen LogP contribution is 2.10. The van der Waals surface area contributed by atoms with E-state index in [2.05, 4.69) is 5.43 Å². The number of carbonyl (C=O) groups is 2. The Morgan fingerprint density at radius 3 is 2.50 bits per heavy atom. The summed E-state index contributed by atoms with van der Waals surface area (Å²) in [4.78, 5) is 22.2. The Hall–Kier alpha value is -2.55. The Kier molecular flexibility index (Phi) is 3.86. The largest absolute Gasteiger partial charge is 0.350 e. The molecule has 82 valence electrons. The maximum atomic E-state index is 11.1. The third-order valence-corrected chi connectivity index (χ3v) is 1.71. The molecule has 0 spiro atoms. The number of urea groups is 1. The number of rotatable bonds is 2. The quantitative estimate of drug-likeness (QED) is 0.707. The van der Waals surface area contributed by atoms with Gasteiger partial charge in [0, 0.05) is 0 Å². The molecule has 1 aromatic carbocycles. The molecule has 0 unspecified atom stereocenters. The lowest BCUT2D eigenvalue weighted by Crippen LogP contribution is -2.49. The van der Waals surface area contributed by atoms with E-state index < -0.39 is 11.9 Å². The van der Waals surface area contributed by atoms with E-state index in [9.17, 15) is 9.59 Å². The molecule has 0 aliphatic carbocycles. The summed E-state index contributed by atoms with van der Waals surface area (Å²) in [7, 11) is 0. The molecule has 0 aromatic heterocycles. The van der Waals surface area contributed by atoms with Crippen molar-refractivity contribution in [3.63, 3.8) is 0 Å². The number of hydrogen-bond donors (Lipinski definition) is 2. The average Bonchev–Trinajstić information content (AvgIpc) is 2.27. The lowest BCUT2D eigenvalue weighted by Gasteiger charge is -2.20. The first-order valence-electron chi connectivity index (χ1n) is 4.46. The van der Waals surface area contributed by atoms with E-state index in [0.717, 1.165) is 5.01 Å². The molecule has 0 fully saturated rings. The average molecular weight is 218 g/mol. The van der Waals surface area contributed by atoms with Crippen molar-refractivity contribution in [3.05, 3.63) is 30.3 Å². The minimum Gasteiger partial charge on any atom is -0.350 e. The molecule has 16 heavy (non-hydrogen) atoms. The summed E-state index contributed by atoms with van der Waals surface area (Å²) in [6.45, 7) is 0. The maximum Gasteiger partial charge on any atom is 0.338 e. The molecule has 1 aromatic rings. The van der Waals surface area contributed by atoms with Crippen molar-refractivity contribution < 1.29 is 9.59 Å². The van der Waals surface area contributed by atoms with Gasteiger partial charge in [0.2, 0.25) is 0 Å². The highest BCUT2D eigenvalue weighted by molar-refractivity contribution is 5.94. The minimum absolute atomic E-state index is 0.337. The molecule has 1 rings (SSSR count). The molecular weight excluding hydrogens is 208 g/mol. The number of hydrogen-bond acceptors (Lipinski definition) is 3. The van der Waals surface area contributed by atoms with Crippen LogP contribution >= 0.6 is 0 Å². The number of hydrazine groups is 1. The van der Waals surface area contributed by atoms with E-state index in [1.54, 1.807) is 36.4 Å². The van der Waals surface area contributed by atoms with Gasteiger partial charge in [0.05, 0.1) is 11.8 Å². The Morgan fingerprint density at radius 2 is 2.00 bits per heavy atom. The van der Waals surface area contributed by atoms with Crippen molar-refractivity contribution in [3.8, 4) is 6.07 Å². The number of carbonyl (C=O) groups excluding carboxylic acids is 2. The van der Waals surface area contributed by atoms with Gasteiger partial charge in [-0.25, -0.2) is 9.80 Å². The van der Waals surface area contributed by atoms with E-state index >= 15 is 0 Å². The van der Waals surface area contributed by atoms with Crippen LogP contribution in [0.25, 0.3) is 0 Å². The summed E-state index contributed by atoms with van der Waals surface area (Å²) in [6.07, 6.45) is -0.337. The van der Waals surface area contributed by atoms with Gasteiger partial charge < -0.3 is 5.73 Å². The fourth-order valence-electron chi connectivity index (χ4n) is 1.06. The normalized spacial score (nSPS) is 8.94. The van der Waals surface area contributed by atoms with Crippen molar-refractivity contribution in [1.29, 1.82) is 5.26 Å². The van der Waals surface area contributed by atoms with Crippen LogP contribution in [0.4, 0.5) is 10.5 Å². The van der Waals surface area contributed by atoms with Crippen molar-refractivity contribution in [1.82, 2.24) is 5.43 Å². The second-order valence-electron chi connectivity index (χ2n) is 2.88. The summed E-state index contributed by atoms with van der Waals surface area (Å²) < 4.78 is 0. The predicted octanol–water partition coefficient (Wildman–Crippen LogP) is 0.517. The molecule has 0 aliphatic rings. The van der Waals surface area contributed by atoms with E-state index in [1.165, 1.54) is 0 Å². The molecule has 0 bridgehead atoms. The molecule has 0 heterocycles. The summed E-state index contributed by atoms with van der Waals surface area (Å²) in [5.74, 6) is -0.592. The first-order valence-corrected chi connectivity index (χ1v) is 4.46. The molecule has 0 radical (unpaired) electrons. The van der Waals surface area contributed by atoms with Crippen LogP contribution in [0.3, 0.4) is 0 Å². The van der Waals surface area contributed by atoms with Crippen molar-refractivity contribution in [2.45, 2.75) is 6.42 Å². The zero-order valence-corrected chi connectivity index (χ0v) is 8.38. The van der Waals surface area contributed by atoms with Crippen molar-refractivity contribution >= 4 is 17.6 Å². The van der Waals surface area contributed by atoms with Crippen LogP contribution in [0.5, 0.6) is 0 Å². The number of benzene rings is 1. The molecule has 0 saturated carbocycles. The molecule has 6 nitrogen and oxygen atoms in total. The summed E-state index contributed by atoms with van der Waals surface area (Å²) in [5, 5.41) is 9.20.